The van der Waals surface area contributed by atoms with E-state index in [-0.39, 0.29) is 17.1 Å². The van der Waals surface area contributed by atoms with Crippen molar-refractivity contribution >= 4 is 17.8 Å². The van der Waals surface area contributed by atoms with E-state index in [0.717, 1.165) is 12.2 Å². The van der Waals surface area contributed by atoms with Gasteiger partial charge in [0.15, 0.2) is 5.69 Å². The number of nitrogens with zero attached hydrogens (tertiary/aromatic N) is 2. The molecule has 1 saturated carbocycles. The van der Waals surface area contributed by atoms with Crippen molar-refractivity contribution in [2.75, 3.05) is 0 Å². The van der Waals surface area contributed by atoms with E-state index in [9.17, 15) is 10.1 Å². The molecule has 20 heavy (non-hydrogen) atoms. The van der Waals surface area contributed by atoms with Crippen molar-refractivity contribution in [1.29, 1.82) is 0 Å². The van der Waals surface area contributed by atoms with Crippen molar-refractivity contribution in [2.24, 2.45) is 5.92 Å². The van der Waals surface area contributed by atoms with E-state index in [1.165, 1.54) is 13.0 Å². The molecular formula is C14H14N2O4. The van der Waals surface area contributed by atoms with Gasteiger partial charge in [-0.3, -0.25) is 10.1 Å². The first-order valence-electron chi connectivity index (χ1n) is 6.44. The van der Waals surface area contributed by atoms with Crippen molar-refractivity contribution in [2.45, 2.75) is 26.2 Å². The van der Waals surface area contributed by atoms with Crippen molar-refractivity contribution in [3.05, 3.63) is 45.2 Å². The Morgan fingerprint density at radius 1 is 1.45 bits per heavy atom. The molecule has 0 aliphatic heterocycles. The molecule has 2 heterocycles. The van der Waals surface area contributed by atoms with Crippen molar-refractivity contribution < 1.29 is 13.9 Å². The molecule has 0 N–H and O–H groups in total. The molecule has 2 atom stereocenters. The number of hydrogen-bond acceptors (Lipinski definition) is 5. The fraction of sp³-hybridized carbons (Fsp3) is 0.357. The van der Waals surface area contributed by atoms with Crippen LogP contribution in [-0.4, -0.2) is 10.1 Å². The first-order chi connectivity index (χ1) is 9.56. The first kappa shape index (κ1) is 12.7. The summed E-state index contributed by atoms with van der Waals surface area (Å²) in [7, 11) is 0. The lowest BCUT2D eigenvalue weighted by atomic mass is 10.2. The van der Waals surface area contributed by atoms with E-state index >= 15 is 0 Å². The molecule has 2 aromatic rings. The van der Waals surface area contributed by atoms with Crippen LogP contribution >= 0.6 is 0 Å². The van der Waals surface area contributed by atoms with Crippen LogP contribution in [0.4, 0.5) is 5.69 Å². The van der Waals surface area contributed by atoms with Gasteiger partial charge in [0.1, 0.15) is 11.5 Å². The molecule has 2 aromatic heterocycles. The molecular weight excluding hydrogens is 260 g/mol. The molecule has 104 valence electrons. The summed E-state index contributed by atoms with van der Waals surface area (Å²) in [6, 6.07) is 3.81. The van der Waals surface area contributed by atoms with Crippen LogP contribution < -0.4 is 0 Å². The average molecular weight is 274 g/mol. The zero-order chi connectivity index (χ0) is 14.3. The fourth-order valence-corrected chi connectivity index (χ4v) is 2.25. The molecule has 0 saturated heterocycles. The highest BCUT2D eigenvalue weighted by atomic mass is 16.6. The van der Waals surface area contributed by atoms with Crippen LogP contribution in [0.25, 0.3) is 12.2 Å². The summed E-state index contributed by atoms with van der Waals surface area (Å²) >= 11 is 0. The van der Waals surface area contributed by atoms with Gasteiger partial charge in [0.2, 0.25) is 5.76 Å². The lowest BCUT2D eigenvalue weighted by molar-refractivity contribution is -0.386. The van der Waals surface area contributed by atoms with Gasteiger partial charge in [0.25, 0.3) is 0 Å². The summed E-state index contributed by atoms with van der Waals surface area (Å²) in [5.41, 5.74) is 0.0917. The number of nitro groups is 1. The minimum Gasteiger partial charge on any atom is -0.461 e. The largest absolute Gasteiger partial charge is 0.461 e. The van der Waals surface area contributed by atoms with Crippen LogP contribution in [0.2, 0.25) is 0 Å². The fourth-order valence-electron chi connectivity index (χ4n) is 2.25. The molecule has 1 aliphatic rings. The molecule has 2 unspecified atom stereocenters. The zero-order valence-corrected chi connectivity index (χ0v) is 11.2. The van der Waals surface area contributed by atoms with E-state index in [1.54, 1.807) is 6.08 Å². The zero-order valence-electron chi connectivity index (χ0n) is 11.2. The van der Waals surface area contributed by atoms with Crippen LogP contribution in [0, 0.1) is 23.0 Å². The summed E-state index contributed by atoms with van der Waals surface area (Å²) in [6.45, 7) is 3.70. The van der Waals surface area contributed by atoms with Crippen LogP contribution in [0.15, 0.2) is 21.1 Å². The van der Waals surface area contributed by atoms with Gasteiger partial charge in [-0.25, -0.2) is 0 Å². The highest BCUT2D eigenvalue weighted by molar-refractivity contribution is 5.70. The first-order valence-corrected chi connectivity index (χ1v) is 6.44. The molecule has 1 aliphatic carbocycles. The van der Waals surface area contributed by atoms with E-state index in [4.69, 9.17) is 8.94 Å². The van der Waals surface area contributed by atoms with Crippen molar-refractivity contribution in [1.82, 2.24) is 5.16 Å². The Labute approximate surface area is 115 Å². The van der Waals surface area contributed by atoms with Crippen LogP contribution in [0.3, 0.4) is 0 Å². The Morgan fingerprint density at radius 3 is 2.85 bits per heavy atom. The summed E-state index contributed by atoms with van der Waals surface area (Å²) < 4.78 is 10.5. The van der Waals surface area contributed by atoms with E-state index in [2.05, 4.69) is 12.1 Å². The minimum absolute atomic E-state index is 0.108. The predicted molar refractivity (Wildman–Crippen MR) is 72.1 cm³/mol. The van der Waals surface area contributed by atoms with Crippen LogP contribution in [0.5, 0.6) is 0 Å². The highest BCUT2D eigenvalue weighted by Gasteiger charge is 2.36. The van der Waals surface area contributed by atoms with Crippen LogP contribution in [-0.2, 0) is 0 Å². The molecule has 0 radical (unpaired) electrons. The van der Waals surface area contributed by atoms with Crippen molar-refractivity contribution in [3.63, 3.8) is 0 Å². The molecule has 6 heteroatoms. The molecule has 6 nitrogen and oxygen atoms in total. The molecule has 0 bridgehead atoms. The third-order valence-electron chi connectivity index (χ3n) is 3.57. The normalized spacial score (nSPS) is 21.5. The molecule has 0 aromatic carbocycles. The van der Waals surface area contributed by atoms with Gasteiger partial charge in [-0.15, -0.1) is 0 Å². The Morgan fingerprint density at radius 2 is 2.20 bits per heavy atom. The Hall–Kier alpha value is -2.37. The number of hydrogen-bond donors (Lipinski definition) is 0. The number of rotatable bonds is 4. The maximum atomic E-state index is 10.9. The van der Waals surface area contributed by atoms with Gasteiger partial charge in [0, 0.05) is 12.8 Å². The van der Waals surface area contributed by atoms with Gasteiger partial charge in [-0.2, -0.15) is 0 Å². The minimum atomic E-state index is -0.495. The summed E-state index contributed by atoms with van der Waals surface area (Å²) in [5.74, 6) is 3.02. The van der Waals surface area contributed by atoms with Gasteiger partial charge in [0.05, 0.1) is 4.92 Å². The maximum Gasteiger partial charge on any atom is 0.338 e. The smallest absolute Gasteiger partial charge is 0.338 e. The Kier molecular flexibility index (Phi) is 2.93. The third kappa shape index (κ3) is 2.24. The van der Waals surface area contributed by atoms with Gasteiger partial charge < -0.3 is 8.94 Å². The quantitative estimate of drug-likeness (QED) is 0.626. The Balaban J connectivity index is 1.80. The van der Waals surface area contributed by atoms with Crippen LogP contribution in [0.1, 0.15) is 42.2 Å². The summed E-state index contributed by atoms with van der Waals surface area (Å²) in [4.78, 5) is 10.4. The second-order valence-electron chi connectivity index (χ2n) is 5.12. The highest BCUT2D eigenvalue weighted by Crippen LogP contribution is 2.47. The molecule has 1 fully saturated rings. The second kappa shape index (κ2) is 4.63. The van der Waals surface area contributed by atoms with Crippen molar-refractivity contribution in [3.8, 4) is 0 Å². The SMILES string of the molecule is Cc1onc(C=Cc2ccc(C3CC3C)o2)c1[N+](=O)[O-]. The monoisotopic (exact) mass is 274 g/mol. The van der Waals surface area contributed by atoms with Gasteiger partial charge >= 0.3 is 5.69 Å². The molecule has 3 rings (SSSR count). The molecule has 0 amide bonds. The van der Waals surface area contributed by atoms with E-state index < -0.39 is 4.92 Å². The topological polar surface area (TPSA) is 82.3 Å². The molecule has 0 spiro atoms. The predicted octanol–water partition coefficient (Wildman–Crippen LogP) is 3.78. The maximum absolute atomic E-state index is 10.9. The average Bonchev–Trinajstić information content (AvgIpc) is 2.83. The summed E-state index contributed by atoms with van der Waals surface area (Å²) in [6.07, 6.45) is 4.36. The third-order valence-corrected chi connectivity index (χ3v) is 3.57. The number of furan rings is 1. The second-order valence-corrected chi connectivity index (χ2v) is 5.12. The lowest BCUT2D eigenvalue weighted by Gasteiger charge is -1.90. The number of aromatic nitrogens is 1. The standard InChI is InChI=1S/C14H14N2O4/c1-8-7-11(8)13-6-4-10(19-13)3-5-12-14(16(17)18)9(2)20-15-12/h3-6,8,11H,7H2,1-2H3. The number of aryl methyl sites for hydroxylation is 1. The summed E-state index contributed by atoms with van der Waals surface area (Å²) in [5, 5.41) is 14.6. The van der Waals surface area contributed by atoms with Gasteiger partial charge in [-0.1, -0.05) is 12.1 Å². The van der Waals surface area contributed by atoms with Gasteiger partial charge in [-0.05, 0) is 36.6 Å². The Bertz CT molecular complexity index is 683. The van der Waals surface area contributed by atoms with E-state index in [1.807, 2.05) is 12.1 Å². The lowest BCUT2D eigenvalue weighted by Crippen LogP contribution is -1.90. The van der Waals surface area contributed by atoms with E-state index in [0.29, 0.717) is 17.6 Å².